The van der Waals surface area contributed by atoms with Gasteiger partial charge in [-0.1, -0.05) is 12.2 Å². The van der Waals surface area contributed by atoms with Gasteiger partial charge in [-0.2, -0.15) is 0 Å². The summed E-state index contributed by atoms with van der Waals surface area (Å²) in [7, 11) is 0. The quantitative estimate of drug-likeness (QED) is 0.805. The Morgan fingerprint density at radius 2 is 1.83 bits per heavy atom. The molecule has 0 amide bonds. The third kappa shape index (κ3) is 4.27. The van der Waals surface area contributed by atoms with Crippen molar-refractivity contribution in [3.8, 4) is 5.75 Å². The average Bonchev–Trinajstić information content (AvgIpc) is 2.20. The van der Waals surface area contributed by atoms with Crippen molar-refractivity contribution in [1.82, 2.24) is 0 Å². The van der Waals surface area contributed by atoms with Gasteiger partial charge >= 0.3 is 0 Å². The predicted molar refractivity (Wildman–Crippen MR) is 78.2 cm³/mol. The number of ether oxygens (including phenoxy) is 1. The summed E-state index contributed by atoms with van der Waals surface area (Å²) in [6.07, 6.45) is 0.586. The van der Waals surface area contributed by atoms with Crippen LogP contribution in [-0.4, -0.2) is 22.3 Å². The van der Waals surface area contributed by atoms with E-state index in [-0.39, 0.29) is 0 Å². The molecule has 0 bridgehead atoms. The van der Waals surface area contributed by atoms with Crippen LogP contribution in [-0.2, 0) is 0 Å². The Bertz CT molecular complexity index is 427. The van der Waals surface area contributed by atoms with Gasteiger partial charge in [-0.3, -0.25) is 0 Å². The zero-order valence-electron chi connectivity index (χ0n) is 11.4. The van der Waals surface area contributed by atoms with Crippen LogP contribution >= 0.6 is 12.2 Å². The monoisotopic (exact) mass is 267 g/mol. The fraction of sp³-hybridized carbons (Fsp3) is 0.500. The first-order chi connectivity index (χ1) is 8.20. The number of aliphatic hydroxyl groups is 1. The normalized spacial score (nSPS) is 11.4. The maximum atomic E-state index is 9.64. The number of thiocarbonyl (C=S) groups is 1. The summed E-state index contributed by atoms with van der Waals surface area (Å²) >= 11 is 4.96. The maximum absolute atomic E-state index is 9.64. The van der Waals surface area contributed by atoms with Crippen LogP contribution in [0.4, 0.5) is 0 Å². The average molecular weight is 267 g/mol. The van der Waals surface area contributed by atoms with E-state index in [4.69, 9.17) is 22.7 Å². The van der Waals surface area contributed by atoms with Gasteiger partial charge in [-0.05, 0) is 51.0 Å². The molecule has 0 radical (unpaired) electrons. The predicted octanol–water partition coefficient (Wildman–Crippen LogP) is 2.48. The summed E-state index contributed by atoms with van der Waals surface area (Å²) in [6.45, 7) is 7.96. The third-order valence-electron chi connectivity index (χ3n) is 2.71. The van der Waals surface area contributed by atoms with E-state index in [1.807, 2.05) is 26.0 Å². The molecule has 0 aliphatic heterocycles. The van der Waals surface area contributed by atoms with Crippen molar-refractivity contribution in [3.05, 3.63) is 28.8 Å². The molecule has 0 fully saturated rings. The maximum Gasteiger partial charge on any atom is 0.125 e. The van der Waals surface area contributed by atoms with Crippen LogP contribution in [0.5, 0.6) is 5.75 Å². The van der Waals surface area contributed by atoms with Gasteiger partial charge in [0.05, 0.1) is 12.2 Å². The third-order valence-corrected chi connectivity index (χ3v) is 2.94. The molecule has 0 saturated heterocycles. The van der Waals surface area contributed by atoms with Crippen LogP contribution in [0.25, 0.3) is 0 Å². The summed E-state index contributed by atoms with van der Waals surface area (Å²) in [5.74, 6) is 0.847. The number of aryl methyl sites for hydroxylation is 2. The summed E-state index contributed by atoms with van der Waals surface area (Å²) in [4.78, 5) is 0.393. The number of nitrogens with two attached hydrogens (primary N) is 1. The number of hydrogen-bond donors (Lipinski definition) is 2. The highest BCUT2D eigenvalue weighted by Gasteiger charge is 2.13. The lowest BCUT2D eigenvalue weighted by Gasteiger charge is -2.19. The molecule has 0 aliphatic carbocycles. The first kappa shape index (κ1) is 14.9. The van der Waals surface area contributed by atoms with Crippen molar-refractivity contribution in [2.75, 3.05) is 6.61 Å². The minimum atomic E-state index is -0.708. The molecule has 3 N–H and O–H groups in total. The molecule has 0 atom stereocenters. The second-order valence-electron chi connectivity index (χ2n) is 5.21. The Morgan fingerprint density at radius 1 is 1.33 bits per heavy atom. The second-order valence-corrected chi connectivity index (χ2v) is 5.65. The van der Waals surface area contributed by atoms with Crippen LogP contribution < -0.4 is 10.5 Å². The van der Waals surface area contributed by atoms with E-state index < -0.39 is 5.60 Å². The van der Waals surface area contributed by atoms with Crippen molar-refractivity contribution >= 4 is 17.2 Å². The van der Waals surface area contributed by atoms with Crippen molar-refractivity contribution in [2.45, 2.75) is 39.7 Å². The molecule has 4 heteroatoms. The number of rotatable bonds is 5. The van der Waals surface area contributed by atoms with Gasteiger partial charge in [-0.15, -0.1) is 0 Å². The van der Waals surface area contributed by atoms with E-state index in [1.54, 1.807) is 13.8 Å². The zero-order valence-corrected chi connectivity index (χ0v) is 12.2. The zero-order chi connectivity index (χ0) is 13.9. The molecule has 0 aromatic heterocycles. The molecule has 100 valence electrons. The van der Waals surface area contributed by atoms with Gasteiger partial charge in [0.25, 0.3) is 0 Å². The van der Waals surface area contributed by atoms with Crippen LogP contribution in [0.2, 0.25) is 0 Å². The van der Waals surface area contributed by atoms with Gasteiger partial charge in [0.15, 0.2) is 0 Å². The molecular formula is C14H21NO2S. The minimum Gasteiger partial charge on any atom is -0.493 e. The van der Waals surface area contributed by atoms with E-state index in [1.165, 1.54) is 0 Å². The van der Waals surface area contributed by atoms with Crippen molar-refractivity contribution in [3.63, 3.8) is 0 Å². The molecular weight excluding hydrogens is 246 g/mol. The summed E-state index contributed by atoms with van der Waals surface area (Å²) in [5, 5.41) is 9.64. The molecule has 3 nitrogen and oxygen atoms in total. The smallest absolute Gasteiger partial charge is 0.125 e. The Labute approximate surface area is 114 Å². The number of hydrogen-bond acceptors (Lipinski definition) is 3. The Morgan fingerprint density at radius 3 is 2.22 bits per heavy atom. The second kappa shape index (κ2) is 5.67. The fourth-order valence-electron chi connectivity index (χ4n) is 1.72. The van der Waals surface area contributed by atoms with Crippen molar-refractivity contribution in [2.24, 2.45) is 5.73 Å². The molecule has 0 spiro atoms. The lowest BCUT2D eigenvalue weighted by Crippen LogP contribution is -2.22. The van der Waals surface area contributed by atoms with Crippen LogP contribution in [0.15, 0.2) is 12.1 Å². The molecule has 1 aromatic carbocycles. The first-order valence-corrected chi connectivity index (χ1v) is 6.38. The topological polar surface area (TPSA) is 55.5 Å². The lowest BCUT2D eigenvalue weighted by atomic mass is 10.0. The van der Waals surface area contributed by atoms with Crippen LogP contribution in [0, 0.1) is 13.8 Å². The fourth-order valence-corrected chi connectivity index (χ4v) is 1.84. The summed E-state index contributed by atoms with van der Waals surface area (Å²) in [5.41, 5.74) is 7.78. The van der Waals surface area contributed by atoms with E-state index in [0.717, 1.165) is 22.4 Å². The molecule has 0 heterocycles. The Hall–Kier alpha value is -1.13. The SMILES string of the molecule is Cc1cc(C(N)=S)cc(C)c1OCCC(C)(C)O. The van der Waals surface area contributed by atoms with E-state index in [2.05, 4.69) is 0 Å². The highest BCUT2D eigenvalue weighted by atomic mass is 32.1. The van der Waals surface area contributed by atoms with Crippen LogP contribution in [0.3, 0.4) is 0 Å². The van der Waals surface area contributed by atoms with Crippen molar-refractivity contribution < 1.29 is 9.84 Å². The molecule has 1 aromatic rings. The Balaban J connectivity index is 2.81. The van der Waals surface area contributed by atoms with E-state index in [9.17, 15) is 5.11 Å². The Kier molecular flexibility index (Phi) is 4.71. The van der Waals surface area contributed by atoms with Gasteiger partial charge < -0.3 is 15.6 Å². The highest BCUT2D eigenvalue weighted by Crippen LogP contribution is 2.25. The van der Waals surface area contributed by atoms with Gasteiger partial charge in [0, 0.05) is 12.0 Å². The molecule has 0 aliphatic rings. The minimum absolute atomic E-state index is 0.393. The summed E-state index contributed by atoms with van der Waals surface area (Å²) < 4.78 is 5.73. The largest absolute Gasteiger partial charge is 0.493 e. The molecule has 0 unspecified atom stereocenters. The van der Waals surface area contributed by atoms with E-state index >= 15 is 0 Å². The lowest BCUT2D eigenvalue weighted by molar-refractivity contribution is 0.0551. The number of benzene rings is 1. The van der Waals surface area contributed by atoms with E-state index in [0.29, 0.717) is 18.0 Å². The molecule has 0 saturated carbocycles. The molecule has 1 rings (SSSR count). The van der Waals surface area contributed by atoms with Gasteiger partial charge in [0.1, 0.15) is 10.7 Å². The first-order valence-electron chi connectivity index (χ1n) is 5.97. The van der Waals surface area contributed by atoms with Gasteiger partial charge in [-0.25, -0.2) is 0 Å². The standard InChI is InChI=1S/C14H21NO2S/c1-9-7-11(13(15)18)8-10(2)12(9)17-6-5-14(3,4)16/h7-8,16H,5-6H2,1-4H3,(H2,15,18). The highest BCUT2D eigenvalue weighted by molar-refractivity contribution is 7.80. The van der Waals surface area contributed by atoms with Crippen molar-refractivity contribution in [1.29, 1.82) is 0 Å². The summed E-state index contributed by atoms with van der Waals surface area (Å²) in [6, 6.07) is 3.85. The van der Waals surface area contributed by atoms with Crippen LogP contribution in [0.1, 0.15) is 37.0 Å². The van der Waals surface area contributed by atoms with Gasteiger partial charge in [0.2, 0.25) is 0 Å². The molecule has 18 heavy (non-hydrogen) atoms.